The molecule has 0 bridgehead atoms. The Morgan fingerprint density at radius 3 is 2.31 bits per heavy atom. The van der Waals surface area contributed by atoms with Gasteiger partial charge in [0, 0.05) is 13.7 Å². The van der Waals surface area contributed by atoms with E-state index in [1.807, 2.05) is 31.2 Å². The van der Waals surface area contributed by atoms with Crippen molar-refractivity contribution in [2.45, 2.75) is 25.4 Å². The molecule has 0 aliphatic heterocycles. The van der Waals surface area contributed by atoms with E-state index in [9.17, 15) is 5.11 Å². The van der Waals surface area contributed by atoms with Crippen LogP contribution in [0.2, 0.25) is 0 Å². The number of rotatable bonds is 6. The van der Waals surface area contributed by atoms with Gasteiger partial charge in [-0.2, -0.15) is 0 Å². The van der Waals surface area contributed by atoms with E-state index >= 15 is 0 Å². The lowest BCUT2D eigenvalue weighted by Gasteiger charge is -2.23. The second-order valence-electron chi connectivity index (χ2n) is 4.10. The number of ether oxygens (including phenoxy) is 2. The van der Waals surface area contributed by atoms with Crippen molar-refractivity contribution in [1.82, 2.24) is 0 Å². The van der Waals surface area contributed by atoms with Gasteiger partial charge in [-0.05, 0) is 37.5 Å². The molecule has 3 heteroatoms. The van der Waals surface area contributed by atoms with Crippen molar-refractivity contribution in [3.63, 3.8) is 0 Å². The maximum absolute atomic E-state index is 10.3. The molecule has 1 aromatic carbocycles. The molecule has 1 aromatic rings. The normalized spacial score (nSPS) is 14.5. The lowest BCUT2D eigenvalue weighted by molar-refractivity contribution is 0.0372. The molecule has 16 heavy (non-hydrogen) atoms. The van der Waals surface area contributed by atoms with Crippen LogP contribution in [0, 0.1) is 0 Å². The highest BCUT2D eigenvalue weighted by atomic mass is 16.5. The molecule has 0 aliphatic carbocycles. The van der Waals surface area contributed by atoms with Crippen molar-refractivity contribution >= 4 is 0 Å². The molecule has 1 rings (SSSR count). The summed E-state index contributed by atoms with van der Waals surface area (Å²) >= 11 is 0. The topological polar surface area (TPSA) is 38.7 Å². The minimum absolute atomic E-state index is 0.673. The third kappa shape index (κ3) is 3.51. The minimum atomic E-state index is -0.801. The fraction of sp³-hybridized carbons (Fsp3) is 0.538. The Hall–Kier alpha value is -1.06. The summed E-state index contributed by atoms with van der Waals surface area (Å²) in [6.45, 7) is 2.50. The van der Waals surface area contributed by atoms with E-state index in [4.69, 9.17) is 9.47 Å². The average Bonchev–Trinajstić information content (AvgIpc) is 2.29. The molecule has 0 saturated carbocycles. The highest BCUT2D eigenvalue weighted by Crippen LogP contribution is 2.27. The van der Waals surface area contributed by atoms with Gasteiger partial charge < -0.3 is 14.6 Å². The molecule has 3 nitrogen and oxygen atoms in total. The molecule has 1 N–H and O–H groups in total. The molecule has 1 unspecified atom stereocenters. The first-order valence-electron chi connectivity index (χ1n) is 5.46. The average molecular weight is 224 g/mol. The highest BCUT2D eigenvalue weighted by molar-refractivity contribution is 5.30. The zero-order valence-electron chi connectivity index (χ0n) is 10.2. The van der Waals surface area contributed by atoms with Gasteiger partial charge in [-0.15, -0.1) is 0 Å². The molecule has 0 fully saturated rings. The highest BCUT2D eigenvalue weighted by Gasteiger charge is 2.22. The molecule has 0 amide bonds. The first kappa shape index (κ1) is 13.0. The molecule has 90 valence electrons. The maximum Gasteiger partial charge on any atom is 0.118 e. The summed E-state index contributed by atoms with van der Waals surface area (Å²) in [6, 6.07) is 7.51. The number of hydrogen-bond donors (Lipinski definition) is 1. The van der Waals surface area contributed by atoms with Gasteiger partial charge in [-0.25, -0.2) is 0 Å². The summed E-state index contributed by atoms with van der Waals surface area (Å²) in [7, 11) is 3.30. The van der Waals surface area contributed by atoms with Gasteiger partial charge in [0.05, 0.1) is 12.7 Å². The van der Waals surface area contributed by atoms with Gasteiger partial charge in [0.25, 0.3) is 0 Å². The van der Waals surface area contributed by atoms with Crippen LogP contribution in [-0.2, 0) is 10.3 Å². The molecule has 0 saturated heterocycles. The molecule has 1 atom stereocenters. The summed E-state index contributed by atoms with van der Waals surface area (Å²) in [5.74, 6) is 0.802. The fourth-order valence-electron chi connectivity index (χ4n) is 1.66. The summed E-state index contributed by atoms with van der Waals surface area (Å²) in [5.41, 5.74) is 0.106. The van der Waals surface area contributed by atoms with E-state index in [2.05, 4.69) is 0 Å². The first-order valence-corrected chi connectivity index (χ1v) is 5.46. The van der Waals surface area contributed by atoms with Crippen LogP contribution in [0.4, 0.5) is 0 Å². The Morgan fingerprint density at radius 1 is 1.19 bits per heavy atom. The van der Waals surface area contributed by atoms with Crippen LogP contribution in [0.1, 0.15) is 25.3 Å². The molecule has 0 aromatic heterocycles. The molecule has 0 heterocycles. The van der Waals surface area contributed by atoms with E-state index in [1.165, 1.54) is 0 Å². The Kier molecular flexibility index (Phi) is 4.77. The predicted molar refractivity (Wildman–Crippen MR) is 63.7 cm³/mol. The lowest BCUT2D eigenvalue weighted by atomic mass is 9.91. The fourth-order valence-corrected chi connectivity index (χ4v) is 1.66. The minimum Gasteiger partial charge on any atom is -0.497 e. The summed E-state index contributed by atoms with van der Waals surface area (Å²) in [4.78, 5) is 0. The Bertz CT molecular complexity index is 303. The van der Waals surface area contributed by atoms with Crippen LogP contribution >= 0.6 is 0 Å². The Balaban J connectivity index is 2.65. The van der Waals surface area contributed by atoms with Crippen molar-refractivity contribution in [1.29, 1.82) is 0 Å². The van der Waals surface area contributed by atoms with E-state index in [-0.39, 0.29) is 0 Å². The predicted octanol–water partition coefficient (Wildman–Crippen LogP) is 2.33. The number of methoxy groups -OCH3 is 2. The third-order valence-electron chi connectivity index (χ3n) is 2.72. The largest absolute Gasteiger partial charge is 0.497 e. The summed E-state index contributed by atoms with van der Waals surface area (Å²) in [6.07, 6.45) is 1.53. The van der Waals surface area contributed by atoms with E-state index < -0.39 is 5.60 Å². The van der Waals surface area contributed by atoms with Gasteiger partial charge in [0.1, 0.15) is 5.75 Å². The van der Waals surface area contributed by atoms with Crippen molar-refractivity contribution in [3.05, 3.63) is 29.8 Å². The quantitative estimate of drug-likeness (QED) is 0.754. The van der Waals surface area contributed by atoms with E-state index in [0.717, 1.165) is 17.7 Å². The van der Waals surface area contributed by atoms with Crippen LogP contribution in [0.3, 0.4) is 0 Å². The maximum atomic E-state index is 10.3. The number of hydrogen-bond acceptors (Lipinski definition) is 3. The number of benzene rings is 1. The van der Waals surface area contributed by atoms with Gasteiger partial charge >= 0.3 is 0 Å². The first-order chi connectivity index (χ1) is 7.60. The van der Waals surface area contributed by atoms with E-state index in [1.54, 1.807) is 14.2 Å². The molecule has 0 aliphatic rings. The molecular formula is C13H20O3. The van der Waals surface area contributed by atoms with Crippen LogP contribution in [0.15, 0.2) is 24.3 Å². The summed E-state index contributed by atoms with van der Waals surface area (Å²) in [5, 5.41) is 10.3. The SMILES string of the molecule is COCCCC(C)(O)c1ccc(OC)cc1. The van der Waals surface area contributed by atoms with Gasteiger partial charge in [-0.3, -0.25) is 0 Å². The molecule has 0 radical (unpaired) electrons. The summed E-state index contributed by atoms with van der Waals surface area (Å²) < 4.78 is 10.1. The third-order valence-corrected chi connectivity index (χ3v) is 2.72. The monoisotopic (exact) mass is 224 g/mol. The van der Waals surface area contributed by atoms with Gasteiger partial charge in [0.15, 0.2) is 0 Å². The molecular weight excluding hydrogens is 204 g/mol. The van der Waals surface area contributed by atoms with Crippen molar-refractivity contribution in [2.75, 3.05) is 20.8 Å². The smallest absolute Gasteiger partial charge is 0.118 e. The lowest BCUT2D eigenvalue weighted by Crippen LogP contribution is -2.21. The van der Waals surface area contributed by atoms with Crippen molar-refractivity contribution in [2.24, 2.45) is 0 Å². The van der Waals surface area contributed by atoms with E-state index in [0.29, 0.717) is 13.0 Å². The Morgan fingerprint density at radius 2 is 1.81 bits per heavy atom. The van der Waals surface area contributed by atoms with Crippen LogP contribution < -0.4 is 4.74 Å². The number of aliphatic hydroxyl groups is 1. The van der Waals surface area contributed by atoms with Gasteiger partial charge in [0.2, 0.25) is 0 Å². The van der Waals surface area contributed by atoms with Crippen molar-refractivity contribution < 1.29 is 14.6 Å². The van der Waals surface area contributed by atoms with Crippen LogP contribution in [0.25, 0.3) is 0 Å². The van der Waals surface area contributed by atoms with Crippen molar-refractivity contribution in [3.8, 4) is 5.75 Å². The van der Waals surface area contributed by atoms with Gasteiger partial charge in [-0.1, -0.05) is 12.1 Å². The molecule has 0 spiro atoms. The Labute approximate surface area is 97.0 Å². The van der Waals surface area contributed by atoms with Crippen LogP contribution in [-0.4, -0.2) is 25.9 Å². The zero-order chi connectivity index (χ0) is 12.0. The second kappa shape index (κ2) is 5.87. The standard InChI is InChI=1S/C13H20O3/c1-13(14,9-4-10-15-2)11-5-7-12(16-3)8-6-11/h5-8,14H,4,9-10H2,1-3H3. The zero-order valence-corrected chi connectivity index (χ0v) is 10.2. The second-order valence-corrected chi connectivity index (χ2v) is 4.10. The van der Waals surface area contributed by atoms with Crippen LogP contribution in [0.5, 0.6) is 5.75 Å².